The second kappa shape index (κ2) is 7.06. The van der Waals surface area contributed by atoms with Crippen LogP contribution in [-0.2, 0) is 4.79 Å². The molecule has 7 heteroatoms. The molecule has 1 heterocycles. The molecule has 0 bridgehead atoms. The second-order valence-electron chi connectivity index (χ2n) is 5.58. The second-order valence-corrected chi connectivity index (χ2v) is 6.50. The Morgan fingerprint density at radius 3 is 2.40 bits per heavy atom. The zero-order valence-corrected chi connectivity index (χ0v) is 14.9. The average molecular weight is 404 g/mol. The van der Waals surface area contributed by atoms with E-state index in [1.165, 1.54) is 24.3 Å². The van der Waals surface area contributed by atoms with Gasteiger partial charge in [0.25, 0.3) is 5.91 Å². The van der Waals surface area contributed by atoms with Crippen LogP contribution in [0.4, 0.5) is 14.9 Å². The van der Waals surface area contributed by atoms with Gasteiger partial charge in [-0.1, -0.05) is 28.1 Å². The molecule has 128 valence electrons. The highest BCUT2D eigenvalue weighted by Gasteiger charge is 2.31. The van der Waals surface area contributed by atoms with Crippen molar-refractivity contribution in [3.05, 3.63) is 75.7 Å². The largest absolute Gasteiger partial charge is 0.327 e. The highest BCUT2D eigenvalue weighted by Crippen LogP contribution is 2.28. The van der Waals surface area contributed by atoms with Gasteiger partial charge in [-0.05, 0) is 48.9 Å². The molecule has 0 aromatic heterocycles. The van der Waals surface area contributed by atoms with E-state index in [0.717, 1.165) is 10.0 Å². The third-order valence-electron chi connectivity index (χ3n) is 3.82. The molecule has 1 aliphatic heterocycles. The lowest BCUT2D eigenvalue weighted by Gasteiger charge is -2.28. The predicted octanol–water partition coefficient (Wildman–Crippen LogP) is 3.85. The summed E-state index contributed by atoms with van der Waals surface area (Å²) in [6.07, 6.45) is 0. The lowest BCUT2D eigenvalue weighted by molar-refractivity contribution is -0.113. The molecule has 0 radical (unpaired) electrons. The minimum absolute atomic E-state index is 0.371. The van der Waals surface area contributed by atoms with Gasteiger partial charge in [-0.3, -0.25) is 4.79 Å². The summed E-state index contributed by atoms with van der Waals surface area (Å²) in [4.78, 5) is 24.6. The topological polar surface area (TPSA) is 70.2 Å². The van der Waals surface area contributed by atoms with Gasteiger partial charge in [-0.2, -0.15) is 0 Å². The van der Waals surface area contributed by atoms with Crippen LogP contribution in [0.1, 0.15) is 18.5 Å². The van der Waals surface area contributed by atoms with Crippen LogP contribution < -0.4 is 16.0 Å². The standard InChI is InChI=1S/C18H15BrFN3O2/c1-10-15(17(24)22-14-8-6-13(20)7-9-14)16(23-18(25)21-10)11-2-4-12(19)5-3-11/h2-9,16H,1H3,(H,22,24)(H2,21,23,25)/t16-/m0/s1. The van der Waals surface area contributed by atoms with Crippen molar-refractivity contribution in [1.29, 1.82) is 0 Å². The summed E-state index contributed by atoms with van der Waals surface area (Å²) in [7, 11) is 0. The molecular weight excluding hydrogens is 389 g/mol. The van der Waals surface area contributed by atoms with Crippen LogP contribution in [0.5, 0.6) is 0 Å². The van der Waals surface area contributed by atoms with Crippen LogP contribution in [-0.4, -0.2) is 11.9 Å². The van der Waals surface area contributed by atoms with Crippen molar-refractivity contribution < 1.29 is 14.0 Å². The lowest BCUT2D eigenvalue weighted by Crippen LogP contribution is -2.45. The Bertz CT molecular complexity index is 848. The molecule has 3 amide bonds. The highest BCUT2D eigenvalue weighted by atomic mass is 79.9. The molecule has 2 aromatic carbocycles. The Morgan fingerprint density at radius 2 is 1.76 bits per heavy atom. The first-order valence-corrected chi connectivity index (χ1v) is 8.34. The molecule has 1 aliphatic rings. The molecular formula is C18H15BrFN3O2. The molecule has 0 unspecified atom stereocenters. The van der Waals surface area contributed by atoms with Crippen LogP contribution in [0.25, 0.3) is 0 Å². The summed E-state index contributed by atoms with van der Waals surface area (Å²) < 4.78 is 13.9. The van der Waals surface area contributed by atoms with Crippen molar-refractivity contribution in [2.45, 2.75) is 13.0 Å². The average Bonchev–Trinajstić information content (AvgIpc) is 2.57. The maximum Gasteiger partial charge on any atom is 0.319 e. The first kappa shape index (κ1) is 17.2. The predicted molar refractivity (Wildman–Crippen MR) is 96.3 cm³/mol. The molecule has 1 atom stereocenters. The first-order chi connectivity index (χ1) is 11.9. The summed E-state index contributed by atoms with van der Waals surface area (Å²) >= 11 is 3.37. The van der Waals surface area contributed by atoms with Gasteiger partial charge < -0.3 is 16.0 Å². The van der Waals surface area contributed by atoms with E-state index < -0.39 is 6.04 Å². The fraction of sp³-hybridized carbons (Fsp3) is 0.111. The van der Waals surface area contributed by atoms with Crippen molar-refractivity contribution in [3.8, 4) is 0 Å². The minimum atomic E-state index is -0.581. The van der Waals surface area contributed by atoms with Crippen LogP contribution in [0.3, 0.4) is 0 Å². The molecule has 2 aromatic rings. The van der Waals surface area contributed by atoms with Gasteiger partial charge in [0.05, 0.1) is 11.6 Å². The Hall–Kier alpha value is -2.67. The van der Waals surface area contributed by atoms with Crippen molar-refractivity contribution >= 4 is 33.6 Å². The van der Waals surface area contributed by atoms with E-state index in [4.69, 9.17) is 0 Å². The van der Waals surface area contributed by atoms with Crippen LogP contribution in [0, 0.1) is 5.82 Å². The summed E-state index contributed by atoms with van der Waals surface area (Å²) in [5.41, 5.74) is 2.11. The van der Waals surface area contributed by atoms with Gasteiger partial charge in [0.2, 0.25) is 0 Å². The molecule has 3 rings (SSSR count). The van der Waals surface area contributed by atoms with Crippen LogP contribution >= 0.6 is 15.9 Å². The highest BCUT2D eigenvalue weighted by molar-refractivity contribution is 9.10. The number of amides is 3. The number of hydrogen-bond acceptors (Lipinski definition) is 2. The number of carbonyl (C=O) groups excluding carboxylic acids is 2. The van der Waals surface area contributed by atoms with Crippen molar-refractivity contribution in [2.24, 2.45) is 0 Å². The molecule has 5 nitrogen and oxygen atoms in total. The fourth-order valence-electron chi connectivity index (χ4n) is 2.63. The van der Waals surface area contributed by atoms with E-state index >= 15 is 0 Å². The van der Waals surface area contributed by atoms with Crippen LogP contribution in [0.15, 0.2) is 64.3 Å². The molecule has 25 heavy (non-hydrogen) atoms. The Labute approximate surface area is 152 Å². The first-order valence-electron chi connectivity index (χ1n) is 7.54. The third kappa shape index (κ3) is 3.88. The molecule has 0 fully saturated rings. The summed E-state index contributed by atoms with van der Waals surface area (Å²) in [6, 6.07) is 11.9. The molecule has 0 saturated heterocycles. The zero-order chi connectivity index (χ0) is 18.0. The number of rotatable bonds is 3. The van der Waals surface area contributed by atoms with Crippen molar-refractivity contribution in [3.63, 3.8) is 0 Å². The van der Waals surface area contributed by atoms with Gasteiger partial charge >= 0.3 is 6.03 Å². The number of nitrogens with one attached hydrogen (secondary N) is 3. The Morgan fingerprint density at radius 1 is 1.12 bits per heavy atom. The third-order valence-corrected chi connectivity index (χ3v) is 4.35. The normalized spacial score (nSPS) is 16.9. The maximum atomic E-state index is 13.0. The van der Waals surface area contributed by atoms with Crippen LogP contribution in [0.2, 0.25) is 0 Å². The number of benzene rings is 2. The smallest absolute Gasteiger partial charge is 0.319 e. The van der Waals surface area contributed by atoms with E-state index in [1.54, 1.807) is 6.92 Å². The SMILES string of the molecule is CC1=C(C(=O)Nc2ccc(F)cc2)[C@H](c2ccc(Br)cc2)NC(=O)N1. The summed E-state index contributed by atoms with van der Waals surface area (Å²) in [5.74, 6) is -0.753. The Kier molecular flexibility index (Phi) is 4.85. The lowest BCUT2D eigenvalue weighted by atomic mass is 9.95. The number of halogens is 2. The van der Waals surface area contributed by atoms with Gasteiger partial charge in [0.15, 0.2) is 0 Å². The van der Waals surface area contributed by atoms with Gasteiger partial charge in [0, 0.05) is 15.9 Å². The number of anilines is 1. The maximum absolute atomic E-state index is 13.0. The van der Waals surface area contributed by atoms with Gasteiger partial charge in [-0.25, -0.2) is 9.18 Å². The van der Waals surface area contributed by atoms with Crippen molar-refractivity contribution in [1.82, 2.24) is 10.6 Å². The van der Waals surface area contributed by atoms with E-state index in [1.807, 2.05) is 24.3 Å². The summed E-state index contributed by atoms with van der Waals surface area (Å²) in [5, 5.41) is 8.11. The monoisotopic (exact) mass is 403 g/mol. The Balaban J connectivity index is 1.92. The zero-order valence-electron chi connectivity index (χ0n) is 13.3. The fourth-order valence-corrected chi connectivity index (χ4v) is 2.90. The van der Waals surface area contributed by atoms with E-state index in [9.17, 15) is 14.0 Å². The quantitative estimate of drug-likeness (QED) is 0.728. The van der Waals surface area contributed by atoms with Crippen molar-refractivity contribution in [2.75, 3.05) is 5.32 Å². The molecule has 0 aliphatic carbocycles. The number of urea groups is 1. The minimum Gasteiger partial charge on any atom is -0.327 e. The van der Waals surface area contributed by atoms with E-state index in [-0.39, 0.29) is 17.8 Å². The molecule has 3 N–H and O–H groups in total. The molecule has 0 saturated carbocycles. The number of allylic oxidation sites excluding steroid dienone is 1. The summed E-state index contributed by atoms with van der Waals surface area (Å²) in [6.45, 7) is 1.67. The van der Waals surface area contributed by atoms with Gasteiger partial charge in [-0.15, -0.1) is 0 Å². The number of hydrogen-bond donors (Lipinski definition) is 3. The van der Waals surface area contributed by atoms with E-state index in [2.05, 4.69) is 31.9 Å². The molecule has 0 spiro atoms. The number of carbonyl (C=O) groups is 2. The van der Waals surface area contributed by atoms with E-state index in [0.29, 0.717) is 17.0 Å². The van der Waals surface area contributed by atoms with Gasteiger partial charge in [0.1, 0.15) is 5.82 Å².